The molecular weight excluding hydrogens is 298 g/mol. The number of carbonyl (C=O) groups is 3. The van der Waals surface area contributed by atoms with E-state index >= 15 is 0 Å². The van der Waals surface area contributed by atoms with Crippen LogP contribution in [0.15, 0.2) is 18.2 Å². The standard InChI is InChI=1S/C13H16ClN3O4/c1-15-10(18)6-7-17(2)13(21)16-9-5-3-4-8(14)11(9)12(19)20/h3-5H,6-7H2,1-2H3,(H,15,18)(H,16,21)(H,19,20). The molecule has 1 aromatic carbocycles. The van der Waals surface area contributed by atoms with Gasteiger partial charge in [0.2, 0.25) is 5.91 Å². The summed E-state index contributed by atoms with van der Waals surface area (Å²) < 4.78 is 0. The lowest BCUT2D eigenvalue weighted by Gasteiger charge is -2.18. The van der Waals surface area contributed by atoms with Gasteiger partial charge in [0.1, 0.15) is 5.56 Å². The highest BCUT2D eigenvalue weighted by Crippen LogP contribution is 2.24. The number of carboxylic acid groups (broad SMARTS) is 1. The predicted molar refractivity (Wildman–Crippen MR) is 78.7 cm³/mol. The van der Waals surface area contributed by atoms with Crippen molar-refractivity contribution in [1.29, 1.82) is 0 Å². The Labute approximate surface area is 126 Å². The van der Waals surface area contributed by atoms with Crippen LogP contribution in [-0.4, -0.2) is 48.6 Å². The van der Waals surface area contributed by atoms with Crippen molar-refractivity contribution in [2.45, 2.75) is 6.42 Å². The van der Waals surface area contributed by atoms with Crippen LogP contribution in [0.1, 0.15) is 16.8 Å². The third kappa shape index (κ3) is 4.64. The van der Waals surface area contributed by atoms with Gasteiger partial charge < -0.3 is 20.6 Å². The van der Waals surface area contributed by atoms with E-state index in [1.807, 2.05) is 0 Å². The summed E-state index contributed by atoms with van der Waals surface area (Å²) in [7, 11) is 3.01. The van der Waals surface area contributed by atoms with Crippen LogP contribution in [-0.2, 0) is 4.79 Å². The summed E-state index contributed by atoms with van der Waals surface area (Å²) >= 11 is 5.81. The number of benzene rings is 1. The first-order chi connectivity index (χ1) is 9.86. The van der Waals surface area contributed by atoms with Gasteiger partial charge in [-0.2, -0.15) is 0 Å². The number of nitrogens with one attached hydrogen (secondary N) is 2. The third-order valence-corrected chi connectivity index (χ3v) is 3.08. The largest absolute Gasteiger partial charge is 0.478 e. The number of amides is 3. The molecule has 0 aliphatic heterocycles. The summed E-state index contributed by atoms with van der Waals surface area (Å²) in [5, 5.41) is 14.1. The number of halogens is 1. The highest BCUT2D eigenvalue weighted by molar-refractivity contribution is 6.34. The molecule has 0 saturated heterocycles. The van der Waals surface area contributed by atoms with Crippen LogP contribution in [0, 0.1) is 0 Å². The molecule has 1 aromatic rings. The van der Waals surface area contributed by atoms with Crippen LogP contribution in [0.25, 0.3) is 0 Å². The van der Waals surface area contributed by atoms with Crippen LogP contribution in [0.3, 0.4) is 0 Å². The van der Waals surface area contributed by atoms with Gasteiger partial charge in [-0.1, -0.05) is 17.7 Å². The zero-order chi connectivity index (χ0) is 16.0. The number of carbonyl (C=O) groups excluding carboxylic acids is 2. The molecule has 0 fully saturated rings. The minimum Gasteiger partial charge on any atom is -0.478 e. The van der Waals surface area contributed by atoms with Crippen molar-refractivity contribution in [3.8, 4) is 0 Å². The summed E-state index contributed by atoms with van der Waals surface area (Å²) in [5.74, 6) is -1.42. The molecule has 0 radical (unpaired) electrons. The van der Waals surface area contributed by atoms with Gasteiger partial charge in [0.15, 0.2) is 0 Å². The Morgan fingerprint density at radius 3 is 2.57 bits per heavy atom. The van der Waals surface area contributed by atoms with E-state index in [9.17, 15) is 14.4 Å². The molecule has 114 valence electrons. The molecule has 0 spiro atoms. The molecule has 0 aromatic heterocycles. The molecule has 0 aliphatic carbocycles. The zero-order valence-corrected chi connectivity index (χ0v) is 12.4. The molecule has 21 heavy (non-hydrogen) atoms. The first-order valence-electron chi connectivity index (χ1n) is 6.11. The van der Waals surface area contributed by atoms with Crippen LogP contribution in [0.5, 0.6) is 0 Å². The zero-order valence-electron chi connectivity index (χ0n) is 11.6. The first kappa shape index (κ1) is 16.8. The minimum absolute atomic E-state index is 0.0355. The highest BCUT2D eigenvalue weighted by atomic mass is 35.5. The Morgan fingerprint density at radius 1 is 1.33 bits per heavy atom. The fraction of sp³-hybridized carbons (Fsp3) is 0.308. The van der Waals surface area contributed by atoms with Gasteiger partial charge in [-0.15, -0.1) is 0 Å². The van der Waals surface area contributed by atoms with Gasteiger partial charge in [0.05, 0.1) is 10.7 Å². The van der Waals surface area contributed by atoms with Crippen molar-refractivity contribution < 1.29 is 19.5 Å². The summed E-state index contributed by atoms with van der Waals surface area (Å²) in [6.45, 7) is 0.203. The maximum atomic E-state index is 11.9. The van der Waals surface area contributed by atoms with Crippen LogP contribution >= 0.6 is 11.6 Å². The molecule has 1 rings (SSSR count). The second-order valence-corrected chi connectivity index (χ2v) is 4.65. The van der Waals surface area contributed by atoms with Gasteiger partial charge in [-0.25, -0.2) is 9.59 Å². The Morgan fingerprint density at radius 2 is 2.00 bits per heavy atom. The summed E-state index contributed by atoms with van der Waals surface area (Å²) in [5.41, 5.74) is -0.0704. The second-order valence-electron chi connectivity index (χ2n) is 4.24. The fourth-order valence-electron chi connectivity index (χ4n) is 1.55. The van der Waals surface area contributed by atoms with Gasteiger partial charge in [-0.3, -0.25) is 4.79 Å². The average Bonchev–Trinajstić information content (AvgIpc) is 2.43. The normalized spacial score (nSPS) is 9.86. The molecular formula is C13H16ClN3O4. The van der Waals surface area contributed by atoms with E-state index in [-0.39, 0.29) is 35.1 Å². The first-order valence-corrected chi connectivity index (χ1v) is 6.49. The minimum atomic E-state index is -1.23. The predicted octanol–water partition coefficient (Wildman–Crippen LogP) is 1.64. The molecule has 7 nitrogen and oxygen atoms in total. The van der Waals surface area contributed by atoms with E-state index in [1.54, 1.807) is 0 Å². The lowest BCUT2D eigenvalue weighted by molar-refractivity contribution is -0.120. The maximum absolute atomic E-state index is 11.9. The van der Waals surface area contributed by atoms with Gasteiger partial charge in [0, 0.05) is 27.1 Å². The second kappa shape index (κ2) is 7.49. The van der Waals surface area contributed by atoms with Gasteiger partial charge in [0.25, 0.3) is 0 Å². The molecule has 0 heterocycles. The SMILES string of the molecule is CNC(=O)CCN(C)C(=O)Nc1cccc(Cl)c1C(=O)O. The number of urea groups is 1. The molecule has 8 heteroatoms. The van der Waals surface area contributed by atoms with Crippen molar-refractivity contribution in [2.75, 3.05) is 26.0 Å². The van der Waals surface area contributed by atoms with E-state index in [1.165, 1.54) is 37.2 Å². The Hall–Kier alpha value is -2.28. The smallest absolute Gasteiger partial charge is 0.339 e. The number of carboxylic acids is 1. The molecule has 0 bridgehead atoms. The number of hydrogen-bond donors (Lipinski definition) is 3. The lowest BCUT2D eigenvalue weighted by Crippen LogP contribution is -2.34. The Bertz CT molecular complexity index is 562. The molecule has 3 N–H and O–H groups in total. The number of hydrogen-bond acceptors (Lipinski definition) is 3. The fourth-order valence-corrected chi connectivity index (χ4v) is 1.81. The number of nitrogens with zero attached hydrogens (tertiary/aromatic N) is 1. The van der Waals surface area contributed by atoms with Gasteiger partial charge in [-0.05, 0) is 12.1 Å². The quantitative estimate of drug-likeness (QED) is 0.769. The molecule has 0 aliphatic rings. The van der Waals surface area contributed by atoms with Crippen molar-refractivity contribution in [3.05, 3.63) is 28.8 Å². The van der Waals surface area contributed by atoms with Crippen LogP contribution < -0.4 is 10.6 Å². The Kier molecular flexibility index (Phi) is 5.98. The lowest BCUT2D eigenvalue weighted by atomic mass is 10.2. The van der Waals surface area contributed by atoms with E-state index in [0.29, 0.717) is 0 Å². The topological polar surface area (TPSA) is 98.7 Å². The van der Waals surface area contributed by atoms with Gasteiger partial charge >= 0.3 is 12.0 Å². The van der Waals surface area contributed by atoms with Crippen molar-refractivity contribution in [1.82, 2.24) is 10.2 Å². The average molecular weight is 314 g/mol. The molecule has 0 saturated carbocycles. The van der Waals surface area contributed by atoms with Crippen molar-refractivity contribution in [2.24, 2.45) is 0 Å². The summed E-state index contributed by atoms with van der Waals surface area (Å²) in [6.07, 6.45) is 0.155. The van der Waals surface area contributed by atoms with E-state index in [0.717, 1.165) is 0 Å². The molecule has 0 atom stereocenters. The molecule has 3 amide bonds. The monoisotopic (exact) mass is 313 g/mol. The van der Waals surface area contributed by atoms with E-state index in [4.69, 9.17) is 16.7 Å². The summed E-state index contributed by atoms with van der Waals surface area (Å²) in [4.78, 5) is 35.5. The van der Waals surface area contributed by atoms with Crippen LogP contribution in [0.4, 0.5) is 10.5 Å². The maximum Gasteiger partial charge on any atom is 0.339 e. The number of rotatable bonds is 5. The third-order valence-electron chi connectivity index (χ3n) is 2.77. The van der Waals surface area contributed by atoms with Crippen LogP contribution in [0.2, 0.25) is 5.02 Å². The van der Waals surface area contributed by atoms with E-state index < -0.39 is 12.0 Å². The summed E-state index contributed by atoms with van der Waals surface area (Å²) in [6, 6.07) is 3.88. The van der Waals surface area contributed by atoms with Crippen molar-refractivity contribution >= 4 is 35.2 Å². The number of anilines is 1. The number of aromatic carboxylic acids is 1. The molecule has 0 unspecified atom stereocenters. The highest BCUT2D eigenvalue weighted by Gasteiger charge is 2.17. The van der Waals surface area contributed by atoms with E-state index in [2.05, 4.69) is 10.6 Å². The Balaban J connectivity index is 2.77. The van der Waals surface area contributed by atoms with Crippen molar-refractivity contribution in [3.63, 3.8) is 0 Å².